The normalized spacial score (nSPS) is 11.0. The van der Waals surface area contributed by atoms with Gasteiger partial charge in [-0.25, -0.2) is 13.2 Å². The van der Waals surface area contributed by atoms with Gasteiger partial charge in [0.05, 0.1) is 18.4 Å². The van der Waals surface area contributed by atoms with E-state index >= 15 is 0 Å². The number of rotatable bonds is 4. The third-order valence-corrected chi connectivity index (χ3v) is 4.69. The largest absolute Gasteiger partial charge is 0.465 e. The number of esters is 1. The van der Waals surface area contributed by atoms with Crippen LogP contribution in [0.15, 0.2) is 18.2 Å². The van der Waals surface area contributed by atoms with E-state index in [1.807, 2.05) is 0 Å². The highest BCUT2D eigenvalue weighted by atomic mass is 79.9. The molecule has 0 heterocycles. The highest BCUT2D eigenvalue weighted by Crippen LogP contribution is 2.19. The molecule has 94 valence electrons. The summed E-state index contributed by atoms with van der Waals surface area (Å²) < 4.78 is 29.5. The van der Waals surface area contributed by atoms with E-state index in [0.717, 1.165) is 5.56 Å². The Morgan fingerprint density at radius 2 is 2.12 bits per heavy atom. The summed E-state index contributed by atoms with van der Waals surface area (Å²) in [7, 11) is -2.16. The SMILES string of the molecule is COC(=O)c1ccc(C)c(NS(=O)(=O)CBr)c1. The summed E-state index contributed by atoms with van der Waals surface area (Å²) >= 11 is 2.87. The van der Waals surface area contributed by atoms with Gasteiger partial charge in [0.1, 0.15) is 4.66 Å². The summed E-state index contributed by atoms with van der Waals surface area (Å²) in [4.78, 5) is 11.3. The summed E-state index contributed by atoms with van der Waals surface area (Å²) in [5, 5.41) is 0. The topological polar surface area (TPSA) is 72.5 Å². The van der Waals surface area contributed by atoms with E-state index in [9.17, 15) is 13.2 Å². The number of carbonyl (C=O) groups excluding carboxylic acids is 1. The number of benzene rings is 1. The lowest BCUT2D eigenvalue weighted by molar-refractivity contribution is 0.0601. The Morgan fingerprint density at radius 1 is 1.47 bits per heavy atom. The number of aryl methyl sites for hydroxylation is 1. The van der Waals surface area contributed by atoms with Crippen molar-refractivity contribution in [2.75, 3.05) is 16.5 Å². The number of hydrogen-bond acceptors (Lipinski definition) is 4. The van der Waals surface area contributed by atoms with Crippen LogP contribution < -0.4 is 4.72 Å². The van der Waals surface area contributed by atoms with E-state index in [1.165, 1.54) is 13.2 Å². The number of ether oxygens (including phenoxy) is 1. The number of hydrogen-bond donors (Lipinski definition) is 1. The first-order valence-electron chi connectivity index (χ1n) is 4.65. The van der Waals surface area contributed by atoms with Gasteiger partial charge in [-0.2, -0.15) is 0 Å². The van der Waals surface area contributed by atoms with Crippen LogP contribution in [-0.4, -0.2) is 26.2 Å². The van der Waals surface area contributed by atoms with E-state index in [1.54, 1.807) is 19.1 Å². The van der Waals surface area contributed by atoms with Crippen molar-refractivity contribution in [1.29, 1.82) is 0 Å². The van der Waals surface area contributed by atoms with Crippen molar-refractivity contribution >= 4 is 37.6 Å². The highest BCUT2D eigenvalue weighted by molar-refractivity contribution is 9.10. The Hall–Kier alpha value is -1.08. The molecule has 0 spiro atoms. The minimum absolute atomic E-state index is 0.206. The van der Waals surface area contributed by atoms with Gasteiger partial charge in [-0.15, -0.1) is 0 Å². The molecule has 0 aromatic heterocycles. The standard InChI is InChI=1S/C10H12BrNO4S/c1-7-3-4-8(10(13)16-2)5-9(7)12-17(14,15)6-11/h3-5,12H,6H2,1-2H3. The van der Waals surface area contributed by atoms with Crippen LogP contribution in [0.2, 0.25) is 0 Å². The number of nitrogens with one attached hydrogen (secondary N) is 1. The van der Waals surface area contributed by atoms with Crippen LogP contribution in [0, 0.1) is 6.92 Å². The van der Waals surface area contributed by atoms with Gasteiger partial charge in [-0.3, -0.25) is 4.72 Å². The van der Waals surface area contributed by atoms with E-state index < -0.39 is 16.0 Å². The minimum Gasteiger partial charge on any atom is -0.465 e. The van der Waals surface area contributed by atoms with Crippen molar-refractivity contribution in [3.63, 3.8) is 0 Å². The zero-order chi connectivity index (χ0) is 13.1. The van der Waals surface area contributed by atoms with E-state index in [0.29, 0.717) is 11.3 Å². The lowest BCUT2D eigenvalue weighted by atomic mass is 10.1. The molecule has 7 heteroatoms. The number of carbonyl (C=O) groups is 1. The Kier molecular flexibility index (Phi) is 4.53. The van der Waals surface area contributed by atoms with Crippen molar-refractivity contribution < 1.29 is 17.9 Å². The molecule has 1 aromatic carbocycles. The molecule has 0 aliphatic rings. The lowest BCUT2D eigenvalue weighted by Crippen LogP contribution is -2.14. The molecule has 0 unspecified atom stereocenters. The molecule has 1 rings (SSSR count). The second-order valence-corrected chi connectivity index (χ2v) is 6.37. The predicted octanol–water partition coefficient (Wildman–Crippen LogP) is 1.88. The summed E-state index contributed by atoms with van der Waals surface area (Å²) in [5.41, 5.74) is 1.39. The molecule has 0 aliphatic carbocycles. The number of methoxy groups -OCH3 is 1. The molecule has 0 bridgehead atoms. The molecule has 0 saturated carbocycles. The zero-order valence-electron chi connectivity index (χ0n) is 9.36. The fraction of sp³-hybridized carbons (Fsp3) is 0.300. The molecule has 0 amide bonds. The van der Waals surface area contributed by atoms with Crippen LogP contribution in [-0.2, 0) is 14.8 Å². The average Bonchev–Trinajstić information content (AvgIpc) is 2.30. The first-order valence-corrected chi connectivity index (χ1v) is 7.42. The lowest BCUT2D eigenvalue weighted by Gasteiger charge is -2.10. The van der Waals surface area contributed by atoms with Crippen LogP contribution >= 0.6 is 15.9 Å². The Labute approximate surface area is 108 Å². The minimum atomic E-state index is -3.43. The van der Waals surface area contributed by atoms with Gasteiger partial charge in [0.2, 0.25) is 10.0 Å². The van der Waals surface area contributed by atoms with Crippen molar-refractivity contribution in [1.82, 2.24) is 0 Å². The third kappa shape index (κ3) is 3.71. The van der Waals surface area contributed by atoms with Crippen LogP contribution in [0.25, 0.3) is 0 Å². The van der Waals surface area contributed by atoms with Gasteiger partial charge in [-0.05, 0) is 24.6 Å². The Morgan fingerprint density at radius 3 is 2.65 bits per heavy atom. The molecule has 0 fully saturated rings. The van der Waals surface area contributed by atoms with Crippen LogP contribution in [0.5, 0.6) is 0 Å². The van der Waals surface area contributed by atoms with Crippen LogP contribution in [0.1, 0.15) is 15.9 Å². The van der Waals surface area contributed by atoms with Crippen molar-refractivity contribution in [2.45, 2.75) is 6.92 Å². The van der Waals surface area contributed by atoms with Crippen molar-refractivity contribution in [2.24, 2.45) is 0 Å². The quantitative estimate of drug-likeness (QED) is 0.678. The molecule has 1 aromatic rings. The number of halogens is 1. The summed E-state index contributed by atoms with van der Waals surface area (Å²) in [6, 6.07) is 4.67. The van der Waals surface area contributed by atoms with Crippen molar-refractivity contribution in [3.8, 4) is 0 Å². The summed E-state index contributed by atoms with van der Waals surface area (Å²) in [6.45, 7) is 1.74. The summed E-state index contributed by atoms with van der Waals surface area (Å²) in [6.07, 6.45) is 0. The smallest absolute Gasteiger partial charge is 0.337 e. The molecule has 17 heavy (non-hydrogen) atoms. The van der Waals surface area contributed by atoms with Gasteiger partial charge in [0, 0.05) is 0 Å². The monoisotopic (exact) mass is 321 g/mol. The van der Waals surface area contributed by atoms with Crippen molar-refractivity contribution in [3.05, 3.63) is 29.3 Å². The van der Waals surface area contributed by atoms with Gasteiger partial charge in [-0.1, -0.05) is 22.0 Å². The molecular weight excluding hydrogens is 310 g/mol. The second kappa shape index (κ2) is 5.50. The van der Waals surface area contributed by atoms with E-state index in [2.05, 4.69) is 25.4 Å². The van der Waals surface area contributed by atoms with Crippen LogP contribution in [0.3, 0.4) is 0 Å². The van der Waals surface area contributed by atoms with Crippen LogP contribution in [0.4, 0.5) is 5.69 Å². The second-order valence-electron chi connectivity index (χ2n) is 3.35. The molecule has 5 nitrogen and oxygen atoms in total. The number of sulfonamides is 1. The fourth-order valence-electron chi connectivity index (χ4n) is 1.17. The van der Waals surface area contributed by atoms with E-state index in [-0.39, 0.29) is 4.66 Å². The zero-order valence-corrected chi connectivity index (χ0v) is 11.8. The molecule has 0 aliphatic heterocycles. The molecule has 1 N–H and O–H groups in total. The molecule has 0 saturated heterocycles. The number of alkyl halides is 1. The van der Waals surface area contributed by atoms with Gasteiger partial charge < -0.3 is 4.74 Å². The maximum atomic E-state index is 11.4. The summed E-state index contributed by atoms with van der Waals surface area (Å²) in [5.74, 6) is -0.510. The molecule has 0 atom stereocenters. The fourth-order valence-corrected chi connectivity index (χ4v) is 2.12. The predicted molar refractivity (Wildman–Crippen MR) is 68.9 cm³/mol. The Balaban J connectivity index is 3.11. The van der Waals surface area contributed by atoms with Gasteiger partial charge in [0.15, 0.2) is 0 Å². The first kappa shape index (κ1) is 14.0. The molecule has 0 radical (unpaired) electrons. The Bertz CT molecular complexity index is 527. The first-order chi connectivity index (χ1) is 7.89. The van der Waals surface area contributed by atoms with Gasteiger partial charge >= 0.3 is 5.97 Å². The average molecular weight is 322 g/mol. The highest BCUT2D eigenvalue weighted by Gasteiger charge is 2.12. The maximum absolute atomic E-state index is 11.4. The van der Waals surface area contributed by atoms with Gasteiger partial charge in [0.25, 0.3) is 0 Å². The number of anilines is 1. The van der Waals surface area contributed by atoms with E-state index in [4.69, 9.17) is 0 Å². The maximum Gasteiger partial charge on any atom is 0.337 e. The molecular formula is C10H12BrNO4S. The third-order valence-electron chi connectivity index (χ3n) is 2.07.